The van der Waals surface area contributed by atoms with Gasteiger partial charge in [-0.3, -0.25) is 4.79 Å². The Morgan fingerprint density at radius 2 is 2.19 bits per heavy atom. The third-order valence-electron chi connectivity index (χ3n) is 4.58. The number of ketones is 1. The van der Waals surface area contributed by atoms with E-state index in [1.165, 1.54) is 0 Å². The summed E-state index contributed by atoms with van der Waals surface area (Å²) in [4.78, 5) is 14.8. The highest BCUT2D eigenvalue weighted by Gasteiger charge is 2.43. The summed E-state index contributed by atoms with van der Waals surface area (Å²) >= 11 is 0. The standard InChI is InChI=1S/C17H23NO3/c1-18(2)15-5-3-4-13(10-15)16(19)14-6-8-21-17(11-14)7-9-20-12-17/h3-5,10,14H,6-9,11-12H2,1-2H3. The summed E-state index contributed by atoms with van der Waals surface area (Å²) in [6, 6.07) is 7.88. The Balaban J connectivity index is 1.76. The number of ether oxygens (including phenoxy) is 2. The first-order valence-corrected chi connectivity index (χ1v) is 7.63. The van der Waals surface area contributed by atoms with Crippen LogP contribution in [0.5, 0.6) is 0 Å². The predicted molar refractivity (Wildman–Crippen MR) is 81.9 cm³/mol. The van der Waals surface area contributed by atoms with Crippen molar-refractivity contribution < 1.29 is 14.3 Å². The molecule has 0 bridgehead atoms. The maximum Gasteiger partial charge on any atom is 0.166 e. The first kappa shape index (κ1) is 14.5. The van der Waals surface area contributed by atoms with E-state index in [1.807, 2.05) is 43.3 Å². The van der Waals surface area contributed by atoms with Crippen molar-refractivity contribution in [3.8, 4) is 0 Å². The lowest BCUT2D eigenvalue weighted by atomic mass is 9.81. The Morgan fingerprint density at radius 1 is 1.33 bits per heavy atom. The normalized spacial score (nSPS) is 28.8. The second-order valence-corrected chi connectivity index (χ2v) is 6.33. The highest BCUT2D eigenvalue weighted by molar-refractivity contribution is 5.98. The van der Waals surface area contributed by atoms with Crippen LogP contribution < -0.4 is 4.90 Å². The molecule has 2 unspecified atom stereocenters. The monoisotopic (exact) mass is 289 g/mol. The van der Waals surface area contributed by atoms with E-state index >= 15 is 0 Å². The minimum absolute atomic E-state index is 0.0536. The number of rotatable bonds is 3. The van der Waals surface area contributed by atoms with Crippen LogP contribution in [-0.2, 0) is 9.47 Å². The van der Waals surface area contributed by atoms with E-state index in [0.717, 1.165) is 37.1 Å². The summed E-state index contributed by atoms with van der Waals surface area (Å²) in [5.41, 5.74) is 1.66. The molecule has 4 heteroatoms. The Morgan fingerprint density at radius 3 is 2.90 bits per heavy atom. The van der Waals surface area contributed by atoms with Gasteiger partial charge in [0.2, 0.25) is 0 Å². The molecule has 3 rings (SSSR count). The molecule has 1 spiro atoms. The third kappa shape index (κ3) is 2.97. The number of hydrogen-bond acceptors (Lipinski definition) is 4. The summed E-state index contributed by atoms with van der Waals surface area (Å²) in [6.07, 6.45) is 2.51. The van der Waals surface area contributed by atoms with Gasteiger partial charge in [0, 0.05) is 50.9 Å². The molecule has 0 radical (unpaired) electrons. The molecule has 2 heterocycles. The summed E-state index contributed by atoms with van der Waals surface area (Å²) in [5.74, 6) is 0.297. The SMILES string of the molecule is CN(C)c1cccc(C(=O)C2CCOC3(CCOC3)C2)c1. The van der Waals surface area contributed by atoms with Gasteiger partial charge in [0.25, 0.3) is 0 Å². The van der Waals surface area contributed by atoms with Crippen molar-refractivity contribution in [3.63, 3.8) is 0 Å². The number of hydrogen-bond donors (Lipinski definition) is 0. The molecular weight excluding hydrogens is 266 g/mol. The molecule has 114 valence electrons. The topological polar surface area (TPSA) is 38.8 Å². The van der Waals surface area contributed by atoms with Crippen molar-refractivity contribution in [2.24, 2.45) is 5.92 Å². The fraction of sp³-hybridized carbons (Fsp3) is 0.588. The lowest BCUT2D eigenvalue weighted by Crippen LogP contribution is -2.42. The molecule has 2 aliphatic heterocycles. The molecule has 0 amide bonds. The van der Waals surface area contributed by atoms with Crippen LogP contribution >= 0.6 is 0 Å². The fourth-order valence-electron chi connectivity index (χ4n) is 3.29. The average molecular weight is 289 g/mol. The molecule has 1 aromatic carbocycles. The van der Waals surface area contributed by atoms with Gasteiger partial charge in [-0.25, -0.2) is 0 Å². The van der Waals surface area contributed by atoms with Crippen LogP contribution in [0, 0.1) is 5.92 Å². The average Bonchev–Trinajstić information content (AvgIpc) is 2.94. The second kappa shape index (κ2) is 5.78. The number of nitrogens with zero attached hydrogens (tertiary/aromatic N) is 1. The Kier molecular flexibility index (Phi) is 4.00. The number of Topliss-reactive ketones (excluding diaryl/α,β-unsaturated/α-hetero) is 1. The zero-order chi connectivity index (χ0) is 14.9. The van der Waals surface area contributed by atoms with Gasteiger partial charge in [0.1, 0.15) is 0 Å². The van der Waals surface area contributed by atoms with E-state index in [4.69, 9.17) is 9.47 Å². The summed E-state index contributed by atoms with van der Waals surface area (Å²) in [5, 5.41) is 0. The van der Waals surface area contributed by atoms with Gasteiger partial charge >= 0.3 is 0 Å². The lowest BCUT2D eigenvalue weighted by Gasteiger charge is -2.36. The maximum absolute atomic E-state index is 12.8. The van der Waals surface area contributed by atoms with E-state index < -0.39 is 0 Å². The van der Waals surface area contributed by atoms with Crippen molar-refractivity contribution in [2.75, 3.05) is 38.8 Å². The third-order valence-corrected chi connectivity index (χ3v) is 4.58. The minimum atomic E-state index is -0.211. The Hall–Kier alpha value is -1.39. The van der Waals surface area contributed by atoms with E-state index in [0.29, 0.717) is 13.2 Å². The molecule has 0 saturated carbocycles. The quantitative estimate of drug-likeness (QED) is 0.802. The first-order valence-electron chi connectivity index (χ1n) is 7.63. The molecular formula is C17H23NO3. The van der Waals surface area contributed by atoms with E-state index in [1.54, 1.807) is 0 Å². The van der Waals surface area contributed by atoms with Crippen LogP contribution in [0.25, 0.3) is 0 Å². The molecule has 0 N–H and O–H groups in total. The van der Waals surface area contributed by atoms with Gasteiger partial charge in [0.15, 0.2) is 5.78 Å². The van der Waals surface area contributed by atoms with Crippen molar-refractivity contribution in [3.05, 3.63) is 29.8 Å². The molecule has 1 aromatic rings. The molecule has 2 fully saturated rings. The van der Waals surface area contributed by atoms with Crippen LogP contribution in [0.4, 0.5) is 5.69 Å². The second-order valence-electron chi connectivity index (χ2n) is 6.33. The molecule has 2 saturated heterocycles. The van der Waals surface area contributed by atoms with Crippen molar-refractivity contribution in [1.82, 2.24) is 0 Å². The molecule has 21 heavy (non-hydrogen) atoms. The van der Waals surface area contributed by atoms with Crippen LogP contribution in [0.1, 0.15) is 29.6 Å². The fourth-order valence-corrected chi connectivity index (χ4v) is 3.29. The van der Waals surface area contributed by atoms with Gasteiger partial charge in [-0.1, -0.05) is 12.1 Å². The number of carbonyl (C=O) groups is 1. The number of anilines is 1. The largest absolute Gasteiger partial charge is 0.378 e. The summed E-state index contributed by atoms with van der Waals surface area (Å²) in [6.45, 7) is 2.04. The van der Waals surface area contributed by atoms with Crippen molar-refractivity contribution in [2.45, 2.75) is 24.9 Å². The smallest absolute Gasteiger partial charge is 0.166 e. The molecule has 0 aromatic heterocycles. The Bertz CT molecular complexity index is 521. The van der Waals surface area contributed by atoms with Gasteiger partial charge in [-0.05, 0) is 25.0 Å². The number of carbonyl (C=O) groups excluding carboxylic acids is 1. The molecule has 4 nitrogen and oxygen atoms in total. The van der Waals surface area contributed by atoms with Gasteiger partial charge in [-0.15, -0.1) is 0 Å². The minimum Gasteiger partial charge on any atom is -0.378 e. The highest BCUT2D eigenvalue weighted by Crippen LogP contribution is 2.37. The number of benzene rings is 1. The summed E-state index contributed by atoms with van der Waals surface area (Å²) in [7, 11) is 3.98. The zero-order valence-corrected chi connectivity index (χ0v) is 12.8. The van der Waals surface area contributed by atoms with Crippen LogP contribution in [0.3, 0.4) is 0 Å². The van der Waals surface area contributed by atoms with Gasteiger partial charge in [0.05, 0.1) is 12.2 Å². The maximum atomic E-state index is 12.8. The van der Waals surface area contributed by atoms with E-state index in [-0.39, 0.29) is 17.3 Å². The van der Waals surface area contributed by atoms with Gasteiger partial charge in [-0.2, -0.15) is 0 Å². The Labute approximate surface area is 126 Å². The zero-order valence-electron chi connectivity index (χ0n) is 12.8. The highest BCUT2D eigenvalue weighted by atomic mass is 16.6. The van der Waals surface area contributed by atoms with E-state index in [2.05, 4.69) is 0 Å². The van der Waals surface area contributed by atoms with Crippen LogP contribution in [0.2, 0.25) is 0 Å². The molecule has 2 atom stereocenters. The van der Waals surface area contributed by atoms with Crippen LogP contribution in [-0.4, -0.2) is 45.3 Å². The molecule has 0 aliphatic carbocycles. The van der Waals surface area contributed by atoms with Gasteiger partial charge < -0.3 is 14.4 Å². The first-order chi connectivity index (χ1) is 10.1. The van der Waals surface area contributed by atoms with Crippen LogP contribution in [0.15, 0.2) is 24.3 Å². The lowest BCUT2D eigenvalue weighted by molar-refractivity contribution is -0.0920. The van der Waals surface area contributed by atoms with Crippen molar-refractivity contribution >= 4 is 11.5 Å². The van der Waals surface area contributed by atoms with E-state index in [9.17, 15) is 4.79 Å². The predicted octanol–water partition coefficient (Wildman–Crippen LogP) is 2.52. The summed E-state index contributed by atoms with van der Waals surface area (Å²) < 4.78 is 11.4. The molecule has 2 aliphatic rings. The van der Waals surface area contributed by atoms with Crippen molar-refractivity contribution in [1.29, 1.82) is 0 Å².